The highest BCUT2D eigenvalue weighted by atomic mass is 35.5. The summed E-state index contributed by atoms with van der Waals surface area (Å²) in [7, 11) is 0. The molecule has 2 N–H and O–H groups in total. The van der Waals surface area contributed by atoms with Gasteiger partial charge in [0, 0.05) is 40.1 Å². The van der Waals surface area contributed by atoms with Gasteiger partial charge in [-0.05, 0) is 50.7 Å². The minimum Gasteiger partial charge on any atom is -0.481 e. The topological polar surface area (TPSA) is 57.5 Å². The van der Waals surface area contributed by atoms with Gasteiger partial charge in [0.25, 0.3) is 0 Å². The van der Waals surface area contributed by atoms with Crippen LogP contribution in [0, 0.1) is 11.8 Å². The summed E-state index contributed by atoms with van der Waals surface area (Å²) in [5, 5.41) is 19.0. The Hall–Kier alpha value is -0.820. The predicted molar refractivity (Wildman–Crippen MR) is 129 cm³/mol. The summed E-state index contributed by atoms with van der Waals surface area (Å²) in [4.78, 5) is 11.9. The first-order chi connectivity index (χ1) is 14.9. The molecule has 31 heavy (non-hydrogen) atoms. The number of aliphatic hydroxyl groups excluding tert-OH is 1. The first-order valence-electron chi connectivity index (χ1n) is 11.1. The molecule has 0 aromatic carbocycles. The van der Waals surface area contributed by atoms with Gasteiger partial charge in [-0.2, -0.15) is 11.8 Å². The van der Waals surface area contributed by atoms with Gasteiger partial charge in [-0.3, -0.25) is 4.79 Å². The van der Waals surface area contributed by atoms with E-state index in [0.717, 1.165) is 16.5 Å². The monoisotopic (exact) mass is 486 g/mol. The molecular formula is C24H32ClFO3S2. The van der Waals surface area contributed by atoms with Crippen LogP contribution in [-0.2, 0) is 11.2 Å². The van der Waals surface area contributed by atoms with Crippen molar-refractivity contribution in [1.82, 2.24) is 0 Å². The smallest absolute Gasteiger partial charge is 0.303 e. The molecule has 3 rings (SSSR count). The lowest BCUT2D eigenvalue weighted by Crippen LogP contribution is -2.35. The van der Waals surface area contributed by atoms with Crippen LogP contribution in [0.4, 0.5) is 4.39 Å². The van der Waals surface area contributed by atoms with Crippen molar-refractivity contribution in [2.45, 2.75) is 74.8 Å². The zero-order valence-corrected chi connectivity index (χ0v) is 20.1. The van der Waals surface area contributed by atoms with E-state index in [9.17, 15) is 14.3 Å². The molecule has 7 heteroatoms. The van der Waals surface area contributed by atoms with Crippen LogP contribution in [-0.4, -0.2) is 39.0 Å². The van der Waals surface area contributed by atoms with Gasteiger partial charge in [-0.15, -0.1) is 11.3 Å². The molecule has 0 bridgehead atoms. The van der Waals surface area contributed by atoms with Crippen molar-refractivity contribution < 1.29 is 19.4 Å². The third kappa shape index (κ3) is 7.34. The van der Waals surface area contributed by atoms with Crippen LogP contribution in [0.1, 0.15) is 56.2 Å². The third-order valence-corrected chi connectivity index (χ3v) is 9.20. The van der Waals surface area contributed by atoms with Gasteiger partial charge in [-0.1, -0.05) is 42.3 Å². The van der Waals surface area contributed by atoms with E-state index in [4.69, 9.17) is 16.7 Å². The fourth-order valence-corrected chi connectivity index (χ4v) is 7.27. The number of thioether (sulfide) groups is 1. The van der Waals surface area contributed by atoms with E-state index in [-0.39, 0.29) is 29.4 Å². The van der Waals surface area contributed by atoms with Crippen LogP contribution in [0.25, 0.3) is 0 Å². The highest BCUT2D eigenvalue weighted by Gasteiger charge is 2.41. The summed E-state index contributed by atoms with van der Waals surface area (Å²) in [5.74, 6) is -0.287. The second-order valence-electron chi connectivity index (χ2n) is 8.71. The number of thiophene rings is 1. The number of hydrogen-bond acceptors (Lipinski definition) is 4. The Morgan fingerprint density at radius 3 is 2.77 bits per heavy atom. The van der Waals surface area contributed by atoms with Crippen LogP contribution < -0.4 is 0 Å². The fourth-order valence-electron chi connectivity index (χ4n) is 4.55. The van der Waals surface area contributed by atoms with E-state index in [1.54, 1.807) is 11.3 Å². The van der Waals surface area contributed by atoms with Crippen molar-refractivity contribution in [2.24, 2.45) is 11.8 Å². The first kappa shape index (κ1) is 24.8. The normalized spacial score (nSPS) is 27.8. The van der Waals surface area contributed by atoms with E-state index < -0.39 is 18.2 Å². The van der Waals surface area contributed by atoms with Gasteiger partial charge in [0.05, 0.1) is 10.4 Å². The number of carbonyl (C=O) groups is 1. The van der Waals surface area contributed by atoms with Crippen LogP contribution in [0.5, 0.6) is 0 Å². The zero-order valence-electron chi connectivity index (χ0n) is 17.7. The molecule has 2 saturated carbocycles. The predicted octanol–water partition coefficient (Wildman–Crippen LogP) is 6.69. The number of carboxylic acid groups (broad SMARTS) is 1. The molecule has 2 aliphatic rings. The van der Waals surface area contributed by atoms with E-state index in [0.29, 0.717) is 19.3 Å². The Morgan fingerprint density at radius 2 is 2.13 bits per heavy atom. The highest BCUT2D eigenvalue weighted by molar-refractivity contribution is 8.00. The number of alkyl halides is 1. The quantitative estimate of drug-likeness (QED) is 0.255. The van der Waals surface area contributed by atoms with Gasteiger partial charge < -0.3 is 10.2 Å². The molecule has 2 aliphatic carbocycles. The van der Waals surface area contributed by atoms with Crippen molar-refractivity contribution >= 4 is 40.7 Å². The SMILES string of the molecule is O=C(O)CCC/C=C\C[C@H]1C(F)C[C@@H](O)[C@@H]1/C=C/CSC1(Cc2ccc(Cl)s2)CCC1. The summed E-state index contributed by atoms with van der Waals surface area (Å²) in [5.41, 5.74) is 0. The second-order valence-corrected chi connectivity index (χ2v) is 12.0. The summed E-state index contributed by atoms with van der Waals surface area (Å²) < 4.78 is 15.6. The molecule has 1 aromatic heterocycles. The molecule has 0 amide bonds. The standard InChI is InChI=1S/C24H32ClFO3S2/c25-22-11-10-17(31-22)16-24(12-6-13-24)30-14-5-8-19-18(20(26)15-21(19)27)7-3-1-2-4-9-23(28)29/h1,3,5,8,10-11,18-21,27H,2,4,6-7,9,12-16H2,(H,28,29)/b3-1-,8-5+/t18-,19-,20?,21-/m1/s1. The Labute approximate surface area is 197 Å². The Bertz CT molecular complexity index is 775. The molecule has 1 heterocycles. The number of halogens is 2. The van der Waals surface area contributed by atoms with Crippen LogP contribution in [0.3, 0.4) is 0 Å². The molecule has 2 fully saturated rings. The lowest BCUT2D eigenvalue weighted by Gasteiger charge is -2.41. The maximum Gasteiger partial charge on any atom is 0.303 e. The molecule has 0 spiro atoms. The minimum atomic E-state index is -0.998. The second kappa shape index (κ2) is 11.9. The fraction of sp³-hybridized carbons (Fsp3) is 0.625. The molecule has 1 unspecified atom stereocenters. The van der Waals surface area contributed by atoms with E-state index in [1.165, 1.54) is 24.1 Å². The molecule has 3 nitrogen and oxygen atoms in total. The molecule has 0 saturated heterocycles. The van der Waals surface area contributed by atoms with Crippen molar-refractivity contribution in [2.75, 3.05) is 5.75 Å². The average molecular weight is 487 g/mol. The number of allylic oxidation sites excluding steroid dienone is 2. The lowest BCUT2D eigenvalue weighted by atomic mass is 9.81. The van der Waals surface area contributed by atoms with Gasteiger partial charge in [0.15, 0.2) is 0 Å². The molecular weight excluding hydrogens is 455 g/mol. The van der Waals surface area contributed by atoms with Crippen molar-refractivity contribution in [3.05, 3.63) is 45.7 Å². The average Bonchev–Trinajstić information content (AvgIpc) is 3.21. The largest absolute Gasteiger partial charge is 0.481 e. The van der Waals surface area contributed by atoms with E-state index in [2.05, 4.69) is 12.1 Å². The Morgan fingerprint density at radius 1 is 1.32 bits per heavy atom. The highest BCUT2D eigenvalue weighted by Crippen LogP contribution is 2.47. The molecule has 0 aliphatic heterocycles. The van der Waals surface area contributed by atoms with Crippen molar-refractivity contribution in [3.63, 3.8) is 0 Å². The van der Waals surface area contributed by atoms with Crippen molar-refractivity contribution in [1.29, 1.82) is 0 Å². The van der Waals surface area contributed by atoms with Crippen LogP contribution in [0.2, 0.25) is 4.34 Å². The van der Waals surface area contributed by atoms with E-state index >= 15 is 0 Å². The third-order valence-electron chi connectivity index (χ3n) is 6.44. The van der Waals surface area contributed by atoms with Crippen molar-refractivity contribution in [3.8, 4) is 0 Å². The zero-order chi connectivity index (χ0) is 22.3. The Kier molecular flexibility index (Phi) is 9.50. The number of rotatable bonds is 12. The Balaban J connectivity index is 1.47. The lowest BCUT2D eigenvalue weighted by molar-refractivity contribution is -0.137. The van der Waals surface area contributed by atoms with Gasteiger partial charge in [-0.25, -0.2) is 4.39 Å². The number of carboxylic acids is 1. The van der Waals surface area contributed by atoms with Crippen LogP contribution >= 0.6 is 34.7 Å². The summed E-state index contributed by atoms with van der Waals surface area (Å²) in [6.45, 7) is 0. The summed E-state index contributed by atoms with van der Waals surface area (Å²) in [6, 6.07) is 4.09. The molecule has 0 radical (unpaired) electrons. The van der Waals surface area contributed by atoms with Gasteiger partial charge >= 0.3 is 5.97 Å². The molecule has 172 valence electrons. The minimum absolute atomic E-state index is 0.155. The van der Waals surface area contributed by atoms with Gasteiger partial charge in [0.1, 0.15) is 6.17 Å². The number of unbranched alkanes of at least 4 members (excludes halogenated alkanes) is 1. The molecule has 4 atom stereocenters. The maximum atomic E-state index is 14.5. The maximum absolute atomic E-state index is 14.5. The molecule has 1 aromatic rings. The number of aliphatic carboxylic acids is 1. The first-order valence-corrected chi connectivity index (χ1v) is 13.3. The summed E-state index contributed by atoms with van der Waals surface area (Å²) in [6.07, 6.45) is 13.4. The summed E-state index contributed by atoms with van der Waals surface area (Å²) >= 11 is 9.71. The van der Waals surface area contributed by atoms with Gasteiger partial charge in [0.2, 0.25) is 0 Å². The van der Waals surface area contributed by atoms with Crippen LogP contribution in [0.15, 0.2) is 36.4 Å². The number of aliphatic hydroxyl groups is 1. The van der Waals surface area contributed by atoms with E-state index in [1.807, 2.05) is 36.1 Å². The number of hydrogen-bond donors (Lipinski definition) is 2.